The van der Waals surface area contributed by atoms with E-state index in [1.165, 1.54) is 0 Å². The van der Waals surface area contributed by atoms with Gasteiger partial charge in [0.15, 0.2) is 0 Å². The second-order valence-corrected chi connectivity index (χ2v) is 5.47. The van der Waals surface area contributed by atoms with Crippen molar-refractivity contribution in [2.75, 3.05) is 26.8 Å². The summed E-state index contributed by atoms with van der Waals surface area (Å²) in [7, 11) is 1.63. The summed E-state index contributed by atoms with van der Waals surface area (Å²) in [6.45, 7) is 3.58. The molecule has 4 nitrogen and oxygen atoms in total. The van der Waals surface area contributed by atoms with Gasteiger partial charge in [0.1, 0.15) is 5.75 Å². The van der Waals surface area contributed by atoms with Gasteiger partial charge in [0.05, 0.1) is 13.0 Å². The Balaban J connectivity index is 2.03. The molecule has 0 bridgehead atoms. The number of aliphatic hydroxyl groups is 1. The number of carbonyl (C=O) groups excluding carboxylic acids is 1. The summed E-state index contributed by atoms with van der Waals surface area (Å²) >= 11 is 0. The third kappa shape index (κ3) is 3.31. The van der Waals surface area contributed by atoms with Crippen molar-refractivity contribution < 1.29 is 14.6 Å². The summed E-state index contributed by atoms with van der Waals surface area (Å²) in [5.74, 6) is 1.02. The zero-order valence-corrected chi connectivity index (χ0v) is 12.2. The van der Waals surface area contributed by atoms with Crippen LogP contribution in [0.3, 0.4) is 0 Å². The lowest BCUT2D eigenvalue weighted by Gasteiger charge is -2.33. The van der Waals surface area contributed by atoms with Gasteiger partial charge >= 0.3 is 0 Å². The molecular formula is C16H23NO3. The van der Waals surface area contributed by atoms with Crippen molar-refractivity contribution in [1.29, 1.82) is 0 Å². The first-order valence-corrected chi connectivity index (χ1v) is 7.19. The molecule has 20 heavy (non-hydrogen) atoms. The molecule has 1 fully saturated rings. The number of rotatable bonds is 4. The molecule has 1 N–H and O–H groups in total. The zero-order chi connectivity index (χ0) is 14.5. The SMILES string of the molecule is COc1ccc(C(C)C(=O)N2CCCC(CO)C2)cc1. The predicted octanol–water partition coefficient (Wildman–Crippen LogP) is 2.03. The predicted molar refractivity (Wildman–Crippen MR) is 77.8 cm³/mol. The largest absolute Gasteiger partial charge is 0.497 e. The van der Waals surface area contributed by atoms with Crippen LogP contribution >= 0.6 is 0 Å². The first kappa shape index (κ1) is 14.9. The lowest BCUT2D eigenvalue weighted by Crippen LogP contribution is -2.42. The molecule has 0 saturated carbocycles. The molecule has 2 unspecified atom stereocenters. The Morgan fingerprint density at radius 2 is 2.15 bits per heavy atom. The van der Waals surface area contributed by atoms with Gasteiger partial charge in [-0.25, -0.2) is 0 Å². The molecule has 1 aromatic carbocycles. The second kappa shape index (κ2) is 6.75. The van der Waals surface area contributed by atoms with E-state index in [1.807, 2.05) is 36.1 Å². The minimum Gasteiger partial charge on any atom is -0.497 e. The van der Waals surface area contributed by atoms with E-state index in [-0.39, 0.29) is 24.3 Å². The van der Waals surface area contributed by atoms with E-state index in [2.05, 4.69) is 0 Å². The van der Waals surface area contributed by atoms with Gasteiger partial charge in [-0.15, -0.1) is 0 Å². The van der Waals surface area contributed by atoms with Crippen LogP contribution < -0.4 is 4.74 Å². The van der Waals surface area contributed by atoms with Crippen molar-refractivity contribution in [2.45, 2.75) is 25.7 Å². The molecule has 1 aliphatic rings. The van der Waals surface area contributed by atoms with Crippen molar-refractivity contribution in [2.24, 2.45) is 5.92 Å². The average molecular weight is 277 g/mol. The Morgan fingerprint density at radius 1 is 1.45 bits per heavy atom. The molecule has 4 heteroatoms. The van der Waals surface area contributed by atoms with Crippen molar-refractivity contribution in [3.63, 3.8) is 0 Å². The van der Waals surface area contributed by atoms with Crippen LogP contribution in [0.4, 0.5) is 0 Å². The number of carbonyl (C=O) groups is 1. The van der Waals surface area contributed by atoms with E-state index in [9.17, 15) is 9.90 Å². The summed E-state index contributed by atoms with van der Waals surface area (Å²) in [6.07, 6.45) is 1.99. The highest BCUT2D eigenvalue weighted by Gasteiger charge is 2.27. The van der Waals surface area contributed by atoms with Crippen molar-refractivity contribution >= 4 is 5.91 Å². The molecule has 0 radical (unpaired) electrons. The van der Waals surface area contributed by atoms with Gasteiger partial charge < -0.3 is 14.7 Å². The van der Waals surface area contributed by atoms with Crippen LogP contribution in [0.25, 0.3) is 0 Å². The number of hydrogen-bond donors (Lipinski definition) is 1. The number of nitrogens with zero attached hydrogens (tertiary/aromatic N) is 1. The lowest BCUT2D eigenvalue weighted by molar-refractivity contribution is -0.134. The van der Waals surface area contributed by atoms with E-state index < -0.39 is 0 Å². The normalized spacial score (nSPS) is 20.6. The summed E-state index contributed by atoms with van der Waals surface area (Å²) in [5, 5.41) is 9.25. The maximum absolute atomic E-state index is 12.5. The number of piperidine rings is 1. The quantitative estimate of drug-likeness (QED) is 0.916. The van der Waals surface area contributed by atoms with Crippen molar-refractivity contribution in [3.8, 4) is 5.75 Å². The molecule has 0 aromatic heterocycles. The number of methoxy groups -OCH3 is 1. The first-order valence-electron chi connectivity index (χ1n) is 7.19. The number of likely N-dealkylation sites (tertiary alicyclic amines) is 1. The topological polar surface area (TPSA) is 49.8 Å². The smallest absolute Gasteiger partial charge is 0.229 e. The van der Waals surface area contributed by atoms with Gasteiger partial charge in [-0.1, -0.05) is 12.1 Å². The van der Waals surface area contributed by atoms with Gasteiger partial charge in [-0.05, 0) is 43.4 Å². The molecule has 1 saturated heterocycles. The van der Waals surface area contributed by atoms with Crippen LogP contribution in [0.2, 0.25) is 0 Å². The summed E-state index contributed by atoms with van der Waals surface area (Å²) in [5.41, 5.74) is 1.00. The number of aliphatic hydroxyl groups excluding tert-OH is 1. The monoisotopic (exact) mass is 277 g/mol. The maximum atomic E-state index is 12.5. The fraction of sp³-hybridized carbons (Fsp3) is 0.562. The summed E-state index contributed by atoms with van der Waals surface area (Å²) in [4.78, 5) is 14.4. The van der Waals surface area contributed by atoms with E-state index in [0.717, 1.165) is 30.7 Å². The highest BCUT2D eigenvalue weighted by molar-refractivity contribution is 5.83. The average Bonchev–Trinajstić information content (AvgIpc) is 2.53. The molecule has 1 heterocycles. The van der Waals surface area contributed by atoms with Crippen LogP contribution in [0.1, 0.15) is 31.2 Å². The minimum atomic E-state index is -0.154. The Labute approximate surface area is 120 Å². The van der Waals surface area contributed by atoms with Crippen molar-refractivity contribution in [3.05, 3.63) is 29.8 Å². The van der Waals surface area contributed by atoms with Crippen LogP contribution in [-0.4, -0.2) is 42.7 Å². The molecule has 1 amide bonds. The van der Waals surface area contributed by atoms with Crippen LogP contribution in [0.15, 0.2) is 24.3 Å². The number of benzene rings is 1. The number of hydrogen-bond acceptors (Lipinski definition) is 3. The van der Waals surface area contributed by atoms with Crippen LogP contribution in [0.5, 0.6) is 5.75 Å². The second-order valence-electron chi connectivity index (χ2n) is 5.47. The fourth-order valence-corrected chi connectivity index (χ4v) is 2.72. The van der Waals surface area contributed by atoms with E-state index in [4.69, 9.17) is 4.74 Å². The third-order valence-corrected chi connectivity index (χ3v) is 4.08. The molecule has 2 rings (SSSR count). The van der Waals surface area contributed by atoms with E-state index in [1.54, 1.807) is 7.11 Å². The molecular weight excluding hydrogens is 254 g/mol. The molecule has 110 valence electrons. The van der Waals surface area contributed by atoms with Crippen LogP contribution in [-0.2, 0) is 4.79 Å². The molecule has 2 atom stereocenters. The highest BCUT2D eigenvalue weighted by atomic mass is 16.5. The zero-order valence-electron chi connectivity index (χ0n) is 12.2. The standard InChI is InChI=1S/C16H23NO3/c1-12(14-5-7-15(20-2)8-6-14)16(19)17-9-3-4-13(10-17)11-18/h5-8,12-13,18H,3-4,9-11H2,1-2H3. The van der Waals surface area contributed by atoms with E-state index >= 15 is 0 Å². The number of ether oxygens (including phenoxy) is 1. The van der Waals surface area contributed by atoms with Crippen molar-refractivity contribution in [1.82, 2.24) is 4.90 Å². The highest BCUT2D eigenvalue weighted by Crippen LogP contribution is 2.24. The Bertz CT molecular complexity index is 444. The fourth-order valence-electron chi connectivity index (χ4n) is 2.72. The maximum Gasteiger partial charge on any atom is 0.229 e. The molecule has 1 aromatic rings. The van der Waals surface area contributed by atoms with Crippen LogP contribution in [0, 0.1) is 5.92 Å². The first-order chi connectivity index (χ1) is 9.65. The third-order valence-electron chi connectivity index (χ3n) is 4.08. The Kier molecular flexibility index (Phi) is 5.01. The molecule has 0 spiro atoms. The summed E-state index contributed by atoms with van der Waals surface area (Å²) in [6, 6.07) is 7.64. The number of amides is 1. The lowest BCUT2D eigenvalue weighted by atomic mass is 9.95. The van der Waals surface area contributed by atoms with Gasteiger partial charge in [0.25, 0.3) is 0 Å². The van der Waals surface area contributed by atoms with Gasteiger partial charge in [0, 0.05) is 19.7 Å². The molecule has 0 aliphatic carbocycles. The van der Waals surface area contributed by atoms with E-state index in [0.29, 0.717) is 6.54 Å². The van der Waals surface area contributed by atoms with Gasteiger partial charge in [-0.3, -0.25) is 4.79 Å². The molecule has 1 aliphatic heterocycles. The summed E-state index contributed by atoms with van der Waals surface area (Å²) < 4.78 is 5.13. The van der Waals surface area contributed by atoms with Gasteiger partial charge in [-0.2, -0.15) is 0 Å². The minimum absolute atomic E-state index is 0.147. The Hall–Kier alpha value is -1.55. The van der Waals surface area contributed by atoms with Gasteiger partial charge in [0.2, 0.25) is 5.91 Å². The Morgan fingerprint density at radius 3 is 2.75 bits per heavy atom.